The number of nitrogens with one attached hydrogen (secondary N) is 2. The Morgan fingerprint density at radius 3 is 2.70 bits per heavy atom. The van der Waals surface area contributed by atoms with Gasteiger partial charge in [-0.1, -0.05) is 13.8 Å². The molecule has 0 unspecified atom stereocenters. The van der Waals surface area contributed by atoms with Crippen molar-refractivity contribution >= 4 is 17.3 Å². The SMILES string of the molecule is CC(C)CCCNC(=O)c1cc(NN)ccc1[N+](=O)[O-]. The lowest BCUT2D eigenvalue weighted by molar-refractivity contribution is -0.385. The first-order valence-electron chi connectivity index (χ1n) is 6.49. The zero-order valence-corrected chi connectivity index (χ0v) is 11.7. The van der Waals surface area contributed by atoms with Crippen LogP contribution >= 0.6 is 0 Å². The summed E-state index contributed by atoms with van der Waals surface area (Å²) in [6, 6.07) is 4.09. The van der Waals surface area contributed by atoms with E-state index in [2.05, 4.69) is 24.6 Å². The number of carbonyl (C=O) groups excluding carboxylic acids is 1. The Kier molecular flexibility index (Phi) is 5.92. The highest BCUT2D eigenvalue weighted by atomic mass is 16.6. The van der Waals surface area contributed by atoms with Crippen molar-refractivity contribution in [3.63, 3.8) is 0 Å². The second-order valence-electron chi connectivity index (χ2n) is 4.93. The molecule has 0 aliphatic carbocycles. The summed E-state index contributed by atoms with van der Waals surface area (Å²) < 4.78 is 0. The fourth-order valence-corrected chi connectivity index (χ4v) is 1.77. The van der Waals surface area contributed by atoms with E-state index in [0.29, 0.717) is 18.2 Å². The molecular formula is C13H20N4O3. The van der Waals surface area contributed by atoms with E-state index in [0.717, 1.165) is 12.8 Å². The van der Waals surface area contributed by atoms with E-state index in [1.165, 1.54) is 18.2 Å². The van der Waals surface area contributed by atoms with Gasteiger partial charge in [0.2, 0.25) is 0 Å². The van der Waals surface area contributed by atoms with Gasteiger partial charge in [0, 0.05) is 18.3 Å². The largest absolute Gasteiger partial charge is 0.352 e. The minimum absolute atomic E-state index is 0.00926. The number of hydrogen-bond acceptors (Lipinski definition) is 5. The normalized spacial score (nSPS) is 10.4. The molecule has 0 heterocycles. The number of nitro benzene ring substituents is 1. The van der Waals surface area contributed by atoms with Gasteiger partial charge in [0.25, 0.3) is 11.6 Å². The Hall–Kier alpha value is -2.15. The molecule has 0 aromatic heterocycles. The monoisotopic (exact) mass is 280 g/mol. The fourth-order valence-electron chi connectivity index (χ4n) is 1.77. The van der Waals surface area contributed by atoms with Crippen molar-refractivity contribution in [3.8, 4) is 0 Å². The molecule has 0 saturated heterocycles. The molecule has 20 heavy (non-hydrogen) atoms. The van der Waals surface area contributed by atoms with Crippen LogP contribution in [0.5, 0.6) is 0 Å². The van der Waals surface area contributed by atoms with Crippen molar-refractivity contribution in [1.29, 1.82) is 0 Å². The number of nitro groups is 1. The maximum atomic E-state index is 12.0. The molecule has 1 aromatic rings. The van der Waals surface area contributed by atoms with Crippen molar-refractivity contribution in [3.05, 3.63) is 33.9 Å². The molecular weight excluding hydrogens is 260 g/mol. The molecule has 0 saturated carbocycles. The highest BCUT2D eigenvalue weighted by Gasteiger charge is 2.20. The minimum atomic E-state index is -0.580. The van der Waals surface area contributed by atoms with Crippen LogP contribution in [0.3, 0.4) is 0 Å². The van der Waals surface area contributed by atoms with Crippen molar-refractivity contribution in [2.45, 2.75) is 26.7 Å². The average molecular weight is 280 g/mol. The number of hydrogen-bond donors (Lipinski definition) is 3. The maximum absolute atomic E-state index is 12.0. The third-order valence-corrected chi connectivity index (χ3v) is 2.85. The summed E-state index contributed by atoms with van der Waals surface area (Å²) in [5.41, 5.74) is 2.59. The maximum Gasteiger partial charge on any atom is 0.282 e. The first-order valence-corrected chi connectivity index (χ1v) is 6.49. The first-order chi connectivity index (χ1) is 9.45. The van der Waals surface area contributed by atoms with Crippen LogP contribution in [0, 0.1) is 16.0 Å². The quantitative estimate of drug-likeness (QED) is 0.306. The molecule has 7 heteroatoms. The number of nitrogens with two attached hydrogens (primary N) is 1. The van der Waals surface area contributed by atoms with Gasteiger partial charge in [-0.25, -0.2) is 0 Å². The third kappa shape index (κ3) is 4.51. The minimum Gasteiger partial charge on any atom is -0.352 e. The topological polar surface area (TPSA) is 110 Å². The van der Waals surface area contributed by atoms with E-state index in [1.54, 1.807) is 0 Å². The number of nitrogen functional groups attached to an aromatic ring is 1. The smallest absolute Gasteiger partial charge is 0.282 e. The van der Waals surface area contributed by atoms with E-state index in [-0.39, 0.29) is 11.3 Å². The number of anilines is 1. The van der Waals surface area contributed by atoms with Gasteiger partial charge in [0.15, 0.2) is 0 Å². The van der Waals surface area contributed by atoms with Crippen molar-refractivity contribution in [1.82, 2.24) is 5.32 Å². The lowest BCUT2D eigenvalue weighted by Gasteiger charge is -2.08. The zero-order valence-electron chi connectivity index (χ0n) is 11.7. The predicted molar refractivity (Wildman–Crippen MR) is 77.3 cm³/mol. The Balaban J connectivity index is 2.77. The van der Waals surface area contributed by atoms with Crippen molar-refractivity contribution < 1.29 is 9.72 Å². The molecule has 1 rings (SSSR count). The van der Waals surface area contributed by atoms with Gasteiger partial charge >= 0.3 is 0 Å². The van der Waals surface area contributed by atoms with E-state index >= 15 is 0 Å². The molecule has 1 aromatic carbocycles. The summed E-state index contributed by atoms with van der Waals surface area (Å²) >= 11 is 0. The summed E-state index contributed by atoms with van der Waals surface area (Å²) in [4.78, 5) is 22.3. The van der Waals surface area contributed by atoms with E-state index in [4.69, 9.17) is 5.84 Å². The van der Waals surface area contributed by atoms with Gasteiger partial charge in [-0.2, -0.15) is 0 Å². The summed E-state index contributed by atoms with van der Waals surface area (Å²) in [5, 5.41) is 13.6. The van der Waals surface area contributed by atoms with Gasteiger partial charge in [-0.15, -0.1) is 0 Å². The van der Waals surface area contributed by atoms with Gasteiger partial charge in [-0.3, -0.25) is 20.8 Å². The second kappa shape index (κ2) is 7.44. The molecule has 4 N–H and O–H groups in total. The first kappa shape index (κ1) is 15.9. The predicted octanol–water partition coefficient (Wildman–Crippen LogP) is 2.05. The highest BCUT2D eigenvalue weighted by molar-refractivity contribution is 5.99. The second-order valence-corrected chi connectivity index (χ2v) is 4.93. The van der Waals surface area contributed by atoms with E-state index < -0.39 is 10.8 Å². The van der Waals surface area contributed by atoms with Crippen LogP contribution < -0.4 is 16.6 Å². The van der Waals surface area contributed by atoms with Gasteiger partial charge < -0.3 is 10.7 Å². The van der Waals surface area contributed by atoms with Gasteiger partial charge in [-0.05, 0) is 30.9 Å². The molecule has 0 aliphatic rings. The number of hydrazine groups is 1. The van der Waals surface area contributed by atoms with Crippen LogP contribution in [0.25, 0.3) is 0 Å². The van der Waals surface area contributed by atoms with Crippen LogP contribution in [0.15, 0.2) is 18.2 Å². The summed E-state index contributed by atoms with van der Waals surface area (Å²) in [6.45, 7) is 4.69. The standard InChI is InChI=1S/C13H20N4O3/c1-9(2)4-3-7-15-13(18)11-8-10(16-14)5-6-12(11)17(19)20/h5-6,8-9,16H,3-4,7,14H2,1-2H3,(H,15,18). The number of benzene rings is 1. The Labute approximate surface area is 117 Å². The molecule has 0 atom stereocenters. The highest BCUT2D eigenvalue weighted by Crippen LogP contribution is 2.22. The fraction of sp³-hybridized carbons (Fsp3) is 0.462. The van der Waals surface area contributed by atoms with Crippen LogP contribution in [-0.4, -0.2) is 17.4 Å². The van der Waals surface area contributed by atoms with E-state index in [9.17, 15) is 14.9 Å². The van der Waals surface area contributed by atoms with Gasteiger partial charge in [0.05, 0.1) is 4.92 Å². The molecule has 1 amide bonds. The molecule has 0 spiro atoms. The van der Waals surface area contributed by atoms with Crippen molar-refractivity contribution in [2.24, 2.45) is 11.8 Å². The average Bonchev–Trinajstić information content (AvgIpc) is 2.42. The van der Waals surface area contributed by atoms with Crippen LogP contribution in [0.1, 0.15) is 37.0 Å². The lowest BCUT2D eigenvalue weighted by Crippen LogP contribution is -2.25. The van der Waals surface area contributed by atoms with Crippen LogP contribution in [-0.2, 0) is 0 Å². The summed E-state index contributed by atoms with van der Waals surface area (Å²) in [7, 11) is 0. The van der Waals surface area contributed by atoms with Crippen molar-refractivity contribution in [2.75, 3.05) is 12.0 Å². The number of nitrogens with zero attached hydrogens (tertiary/aromatic N) is 1. The zero-order chi connectivity index (χ0) is 15.1. The molecule has 0 bridgehead atoms. The third-order valence-electron chi connectivity index (χ3n) is 2.85. The molecule has 7 nitrogen and oxygen atoms in total. The molecule has 110 valence electrons. The van der Waals surface area contributed by atoms with Gasteiger partial charge in [0.1, 0.15) is 5.56 Å². The number of amides is 1. The van der Waals surface area contributed by atoms with Crippen LogP contribution in [0.2, 0.25) is 0 Å². The van der Waals surface area contributed by atoms with Crippen LogP contribution in [0.4, 0.5) is 11.4 Å². The molecule has 0 radical (unpaired) electrons. The number of rotatable bonds is 7. The lowest BCUT2D eigenvalue weighted by atomic mass is 10.1. The summed E-state index contributed by atoms with van der Waals surface area (Å²) in [5.74, 6) is 5.35. The Morgan fingerprint density at radius 1 is 1.45 bits per heavy atom. The Morgan fingerprint density at radius 2 is 2.15 bits per heavy atom. The molecule has 0 aliphatic heterocycles. The molecule has 0 fully saturated rings. The number of carbonyl (C=O) groups is 1. The Bertz CT molecular complexity index is 489. The summed E-state index contributed by atoms with van der Waals surface area (Å²) in [6.07, 6.45) is 1.83. The van der Waals surface area contributed by atoms with E-state index in [1.807, 2.05) is 0 Å².